The molecular formula is C22H29NO5. The zero-order chi connectivity index (χ0) is 20.3. The summed E-state index contributed by atoms with van der Waals surface area (Å²) in [6.07, 6.45) is 5.80. The maximum Gasteiger partial charge on any atom is 0.161 e. The molecule has 0 spiro atoms. The third kappa shape index (κ3) is 3.26. The van der Waals surface area contributed by atoms with Crippen LogP contribution < -0.4 is 9.47 Å². The molecule has 2 aliphatic rings. The first kappa shape index (κ1) is 20.3. The fourth-order valence-electron chi connectivity index (χ4n) is 4.06. The van der Waals surface area contributed by atoms with Gasteiger partial charge in [0.1, 0.15) is 30.3 Å². The summed E-state index contributed by atoms with van der Waals surface area (Å²) in [6.45, 7) is 4.29. The second kappa shape index (κ2) is 8.27. The second-order valence-corrected chi connectivity index (χ2v) is 7.03. The number of rotatable bonds is 7. The Kier molecular flexibility index (Phi) is 5.98. The Hall–Kier alpha value is -2.47. The first-order valence-electron chi connectivity index (χ1n) is 9.53. The SMILES string of the molecule is CCCC1=C[C@@]2(OC)C(=CC1=NOC)O[C@H](c1ccc(OC)c(OC)c1)[C@@H]2C. The fraction of sp³-hybridized carbons (Fsp3) is 0.500. The lowest BCUT2D eigenvalue weighted by Gasteiger charge is -2.32. The van der Waals surface area contributed by atoms with E-state index in [1.807, 2.05) is 24.3 Å². The number of allylic oxidation sites excluding steroid dienone is 2. The summed E-state index contributed by atoms with van der Waals surface area (Å²) < 4.78 is 23.3. The van der Waals surface area contributed by atoms with Crippen LogP contribution in [0.15, 0.2) is 46.8 Å². The molecule has 6 heteroatoms. The van der Waals surface area contributed by atoms with Crippen LogP contribution in [-0.4, -0.2) is 39.8 Å². The first-order valence-corrected chi connectivity index (χ1v) is 9.53. The van der Waals surface area contributed by atoms with Crippen molar-refractivity contribution >= 4 is 5.71 Å². The molecular weight excluding hydrogens is 358 g/mol. The molecule has 152 valence electrons. The number of benzene rings is 1. The fourth-order valence-corrected chi connectivity index (χ4v) is 4.06. The molecule has 0 aromatic heterocycles. The molecule has 1 aliphatic carbocycles. The van der Waals surface area contributed by atoms with Crippen molar-refractivity contribution in [1.82, 2.24) is 0 Å². The van der Waals surface area contributed by atoms with E-state index >= 15 is 0 Å². The van der Waals surface area contributed by atoms with Gasteiger partial charge in [-0.1, -0.05) is 31.5 Å². The van der Waals surface area contributed by atoms with Crippen LogP contribution in [0.2, 0.25) is 0 Å². The van der Waals surface area contributed by atoms with Crippen molar-refractivity contribution in [2.45, 2.75) is 38.4 Å². The van der Waals surface area contributed by atoms with Crippen molar-refractivity contribution in [2.75, 3.05) is 28.4 Å². The predicted octanol–water partition coefficient (Wildman–Crippen LogP) is 4.42. The van der Waals surface area contributed by atoms with Crippen molar-refractivity contribution < 1.29 is 23.8 Å². The van der Waals surface area contributed by atoms with Gasteiger partial charge in [-0.15, -0.1) is 0 Å². The van der Waals surface area contributed by atoms with Crippen LogP contribution in [-0.2, 0) is 14.3 Å². The van der Waals surface area contributed by atoms with Crippen LogP contribution >= 0.6 is 0 Å². The van der Waals surface area contributed by atoms with Gasteiger partial charge in [0.05, 0.1) is 14.2 Å². The molecule has 0 saturated carbocycles. The van der Waals surface area contributed by atoms with Gasteiger partial charge in [0.2, 0.25) is 0 Å². The number of methoxy groups -OCH3 is 3. The molecule has 0 bridgehead atoms. The van der Waals surface area contributed by atoms with E-state index in [1.54, 1.807) is 28.4 Å². The lowest BCUT2D eigenvalue weighted by Crippen LogP contribution is -2.38. The van der Waals surface area contributed by atoms with Crippen molar-refractivity contribution in [3.63, 3.8) is 0 Å². The van der Waals surface area contributed by atoms with Gasteiger partial charge in [0.15, 0.2) is 11.5 Å². The van der Waals surface area contributed by atoms with Crippen LogP contribution in [0, 0.1) is 5.92 Å². The third-order valence-corrected chi connectivity index (χ3v) is 5.54. The van der Waals surface area contributed by atoms with Crippen LogP contribution in [0.5, 0.6) is 11.5 Å². The second-order valence-electron chi connectivity index (χ2n) is 7.03. The summed E-state index contributed by atoms with van der Waals surface area (Å²) in [5, 5.41) is 4.18. The number of nitrogens with zero attached hydrogens (tertiary/aromatic N) is 1. The molecule has 1 fully saturated rings. The van der Waals surface area contributed by atoms with Crippen LogP contribution in [0.4, 0.5) is 0 Å². The molecule has 1 aromatic carbocycles. The van der Waals surface area contributed by atoms with Crippen LogP contribution in [0.3, 0.4) is 0 Å². The third-order valence-electron chi connectivity index (χ3n) is 5.54. The average Bonchev–Trinajstić information content (AvgIpc) is 3.00. The van der Waals surface area contributed by atoms with E-state index in [0.29, 0.717) is 11.5 Å². The summed E-state index contributed by atoms with van der Waals surface area (Å²) in [7, 11) is 6.54. The molecule has 1 heterocycles. The van der Waals surface area contributed by atoms with Crippen molar-refractivity contribution in [1.29, 1.82) is 0 Å². The number of hydrogen-bond acceptors (Lipinski definition) is 6. The predicted molar refractivity (Wildman–Crippen MR) is 108 cm³/mol. The highest BCUT2D eigenvalue weighted by Crippen LogP contribution is 2.52. The van der Waals surface area contributed by atoms with Gasteiger partial charge in [0.25, 0.3) is 0 Å². The summed E-state index contributed by atoms with van der Waals surface area (Å²) in [6, 6.07) is 5.86. The number of fused-ring (bicyclic) bond motifs is 1. The Morgan fingerprint density at radius 3 is 2.46 bits per heavy atom. The molecule has 3 atom stereocenters. The summed E-state index contributed by atoms with van der Waals surface area (Å²) in [5.74, 6) is 2.17. The minimum absolute atomic E-state index is 0.0535. The van der Waals surface area contributed by atoms with Crippen molar-refractivity contribution in [3.8, 4) is 11.5 Å². The van der Waals surface area contributed by atoms with Crippen molar-refractivity contribution in [2.24, 2.45) is 11.1 Å². The van der Waals surface area contributed by atoms with E-state index in [9.17, 15) is 0 Å². The van der Waals surface area contributed by atoms with Gasteiger partial charge in [-0.3, -0.25) is 0 Å². The van der Waals surface area contributed by atoms with Gasteiger partial charge in [0, 0.05) is 19.1 Å². The molecule has 3 rings (SSSR count). The molecule has 0 amide bonds. The topological polar surface area (TPSA) is 58.5 Å². The summed E-state index contributed by atoms with van der Waals surface area (Å²) in [4.78, 5) is 5.04. The summed E-state index contributed by atoms with van der Waals surface area (Å²) in [5.41, 5.74) is 2.27. The van der Waals surface area contributed by atoms with Crippen LogP contribution in [0.1, 0.15) is 38.4 Å². The maximum absolute atomic E-state index is 6.39. The molecule has 28 heavy (non-hydrogen) atoms. The van der Waals surface area contributed by atoms with Gasteiger partial charge in [-0.2, -0.15) is 0 Å². The molecule has 1 aromatic rings. The zero-order valence-corrected chi connectivity index (χ0v) is 17.4. The maximum atomic E-state index is 6.39. The Morgan fingerprint density at radius 1 is 1.11 bits per heavy atom. The zero-order valence-electron chi connectivity index (χ0n) is 17.4. The van der Waals surface area contributed by atoms with Gasteiger partial charge in [-0.25, -0.2) is 0 Å². The monoisotopic (exact) mass is 387 g/mol. The van der Waals surface area contributed by atoms with Gasteiger partial charge < -0.3 is 23.8 Å². The smallest absolute Gasteiger partial charge is 0.161 e. The highest BCUT2D eigenvalue weighted by Gasteiger charge is 2.53. The molecule has 0 unspecified atom stereocenters. The molecule has 1 saturated heterocycles. The van der Waals surface area contributed by atoms with Gasteiger partial charge >= 0.3 is 0 Å². The van der Waals surface area contributed by atoms with Crippen molar-refractivity contribution in [3.05, 3.63) is 47.2 Å². The highest BCUT2D eigenvalue weighted by atomic mass is 16.6. The molecule has 0 radical (unpaired) electrons. The van der Waals surface area contributed by atoms with Gasteiger partial charge in [-0.05, 0) is 35.8 Å². The first-order chi connectivity index (χ1) is 13.5. The Bertz CT molecular complexity index is 813. The Balaban J connectivity index is 2.04. The van der Waals surface area contributed by atoms with E-state index in [1.165, 1.54) is 0 Å². The minimum Gasteiger partial charge on any atom is -0.493 e. The Morgan fingerprint density at radius 2 is 1.86 bits per heavy atom. The molecule has 6 nitrogen and oxygen atoms in total. The standard InChI is InChI=1S/C22H29NO5/c1-7-8-16-13-22(26-5)14(2)21(28-20(22)12-17(16)23-27-6)15-9-10-18(24-3)19(11-15)25-4/h9-14,21H,7-8H2,1-6H3/t14-,21-,22-/m0/s1. The van der Waals surface area contributed by atoms with E-state index in [0.717, 1.165) is 35.4 Å². The van der Waals surface area contributed by atoms with E-state index in [2.05, 4.69) is 25.1 Å². The normalized spacial score (nSPS) is 27.6. The number of ether oxygens (including phenoxy) is 4. The lowest BCUT2D eigenvalue weighted by atomic mass is 9.78. The average molecular weight is 387 g/mol. The van der Waals surface area contributed by atoms with E-state index in [4.69, 9.17) is 23.8 Å². The quantitative estimate of drug-likeness (QED) is 0.648. The molecule has 0 N–H and O–H groups in total. The minimum atomic E-state index is -0.630. The van der Waals surface area contributed by atoms with Crippen LogP contribution in [0.25, 0.3) is 0 Å². The van der Waals surface area contributed by atoms with E-state index < -0.39 is 5.60 Å². The largest absolute Gasteiger partial charge is 0.493 e. The van der Waals surface area contributed by atoms with E-state index in [-0.39, 0.29) is 12.0 Å². The highest BCUT2D eigenvalue weighted by molar-refractivity contribution is 6.09. The lowest BCUT2D eigenvalue weighted by molar-refractivity contribution is 0.0297. The number of oxime groups is 1. The number of hydrogen-bond donors (Lipinski definition) is 0. The Labute approximate surface area is 166 Å². The molecule has 1 aliphatic heterocycles. The summed E-state index contributed by atoms with van der Waals surface area (Å²) >= 11 is 0.